The molecule has 0 radical (unpaired) electrons. The summed E-state index contributed by atoms with van der Waals surface area (Å²) in [5.41, 5.74) is -1.01. The molecule has 0 spiro atoms. The highest BCUT2D eigenvalue weighted by atomic mass is 32.2. The molecule has 27 heavy (non-hydrogen) atoms. The molecule has 6 nitrogen and oxygen atoms in total. The Bertz CT molecular complexity index is 805. The number of piperazine rings is 1. The highest BCUT2D eigenvalue weighted by Gasteiger charge is 2.33. The van der Waals surface area contributed by atoms with Crippen LogP contribution in [0, 0.1) is 0 Å². The summed E-state index contributed by atoms with van der Waals surface area (Å²) in [4.78, 5) is 25.9. The van der Waals surface area contributed by atoms with E-state index < -0.39 is 11.9 Å². The molecule has 2 aromatic rings. The first kappa shape index (κ1) is 19.7. The Morgan fingerprint density at radius 3 is 2.63 bits per heavy atom. The maximum Gasteiger partial charge on any atom is 0.433 e. The van der Waals surface area contributed by atoms with Gasteiger partial charge >= 0.3 is 6.18 Å². The van der Waals surface area contributed by atoms with Crippen LogP contribution >= 0.6 is 11.8 Å². The van der Waals surface area contributed by atoms with Gasteiger partial charge in [0.1, 0.15) is 11.5 Å². The van der Waals surface area contributed by atoms with Gasteiger partial charge in [0.2, 0.25) is 0 Å². The van der Waals surface area contributed by atoms with E-state index in [2.05, 4.69) is 19.9 Å². The second kappa shape index (κ2) is 8.75. The number of nitrogens with one attached hydrogen (secondary N) is 1. The van der Waals surface area contributed by atoms with Crippen LogP contribution in [-0.4, -0.2) is 58.3 Å². The monoisotopic (exact) mass is 399 g/mol. The average molecular weight is 399 g/mol. The minimum atomic E-state index is -4.42. The first-order chi connectivity index (χ1) is 12.9. The first-order valence-corrected chi connectivity index (χ1v) is 9.60. The lowest BCUT2D eigenvalue weighted by Crippen LogP contribution is -2.47. The molecule has 3 heterocycles. The van der Waals surface area contributed by atoms with Gasteiger partial charge in [-0.1, -0.05) is 17.8 Å². The Morgan fingerprint density at radius 1 is 1.15 bits per heavy atom. The summed E-state index contributed by atoms with van der Waals surface area (Å²) in [6, 6.07) is 5.39. The molecule has 0 saturated carbocycles. The molecule has 1 aliphatic rings. The molecule has 0 unspecified atom stereocenters. The summed E-state index contributed by atoms with van der Waals surface area (Å²) < 4.78 is 38.4. The summed E-state index contributed by atoms with van der Waals surface area (Å²) in [5.74, 6) is 1.21. The fraction of sp³-hybridized carbons (Fsp3) is 0.471. The summed E-state index contributed by atoms with van der Waals surface area (Å²) in [5, 5.41) is 0.614. The third-order valence-corrected chi connectivity index (χ3v) is 5.20. The SMILES string of the molecule is O=c1ccnc(SCCCN2CCN(c3cccc(C(F)(F)F)n3)CC2)[nH]1. The van der Waals surface area contributed by atoms with Gasteiger partial charge in [-0.05, 0) is 25.1 Å². The molecule has 1 saturated heterocycles. The minimum Gasteiger partial charge on any atom is -0.354 e. The van der Waals surface area contributed by atoms with Crippen LogP contribution in [0.1, 0.15) is 12.1 Å². The zero-order chi connectivity index (χ0) is 19.3. The summed E-state index contributed by atoms with van der Waals surface area (Å²) in [6.45, 7) is 3.75. The van der Waals surface area contributed by atoms with E-state index in [-0.39, 0.29) is 5.56 Å². The van der Waals surface area contributed by atoms with Gasteiger partial charge in [0.25, 0.3) is 5.56 Å². The van der Waals surface area contributed by atoms with Crippen LogP contribution in [0.2, 0.25) is 0 Å². The Hall–Kier alpha value is -2.07. The molecule has 3 rings (SSSR count). The largest absolute Gasteiger partial charge is 0.433 e. The van der Waals surface area contributed by atoms with E-state index in [0.717, 1.165) is 37.9 Å². The maximum absolute atomic E-state index is 12.8. The van der Waals surface area contributed by atoms with E-state index in [1.54, 1.807) is 6.07 Å². The van der Waals surface area contributed by atoms with Crippen molar-refractivity contribution in [3.8, 4) is 0 Å². The molecular weight excluding hydrogens is 379 g/mol. The molecule has 1 fully saturated rings. The number of hydrogen-bond acceptors (Lipinski definition) is 6. The van der Waals surface area contributed by atoms with E-state index in [0.29, 0.717) is 24.1 Å². The molecule has 2 aromatic heterocycles. The van der Waals surface area contributed by atoms with Gasteiger partial charge in [0.15, 0.2) is 5.16 Å². The van der Waals surface area contributed by atoms with E-state index in [9.17, 15) is 18.0 Å². The number of nitrogens with zero attached hydrogens (tertiary/aromatic N) is 4. The van der Waals surface area contributed by atoms with Crippen molar-refractivity contribution in [2.75, 3.05) is 43.4 Å². The molecule has 0 amide bonds. The second-order valence-corrected chi connectivity index (χ2v) is 7.23. The van der Waals surface area contributed by atoms with Crippen molar-refractivity contribution in [1.82, 2.24) is 19.9 Å². The lowest BCUT2D eigenvalue weighted by atomic mass is 10.2. The van der Waals surface area contributed by atoms with E-state index in [1.165, 1.54) is 30.1 Å². The number of hydrogen-bond donors (Lipinski definition) is 1. The standard InChI is InChI=1S/C17H20F3N5OS/c18-17(19,20)13-3-1-4-14(22-13)25-10-8-24(9-11-25)7-2-12-27-16-21-6-5-15(26)23-16/h1,3-6H,2,7-12H2,(H,21,23,26). The predicted octanol–water partition coefficient (Wildman–Crippen LogP) is 2.49. The first-order valence-electron chi connectivity index (χ1n) is 8.61. The van der Waals surface area contributed by atoms with Crippen LogP contribution in [0.3, 0.4) is 0 Å². The van der Waals surface area contributed by atoms with Gasteiger partial charge in [-0.25, -0.2) is 9.97 Å². The number of halogens is 3. The van der Waals surface area contributed by atoms with Crippen LogP contribution in [0.4, 0.5) is 19.0 Å². The molecule has 0 atom stereocenters. The van der Waals surface area contributed by atoms with Crippen molar-refractivity contribution in [3.05, 3.63) is 46.5 Å². The molecular formula is C17H20F3N5OS. The number of pyridine rings is 1. The van der Waals surface area contributed by atoms with Crippen LogP contribution < -0.4 is 10.5 Å². The van der Waals surface area contributed by atoms with Gasteiger partial charge in [-0.15, -0.1) is 0 Å². The number of alkyl halides is 3. The van der Waals surface area contributed by atoms with Crippen molar-refractivity contribution in [3.63, 3.8) is 0 Å². The smallest absolute Gasteiger partial charge is 0.354 e. The van der Waals surface area contributed by atoms with Crippen molar-refractivity contribution < 1.29 is 13.2 Å². The van der Waals surface area contributed by atoms with Crippen molar-refractivity contribution in [1.29, 1.82) is 0 Å². The molecule has 1 aliphatic heterocycles. The number of H-pyrrole nitrogens is 1. The average Bonchev–Trinajstić information content (AvgIpc) is 2.65. The lowest BCUT2D eigenvalue weighted by molar-refractivity contribution is -0.141. The van der Waals surface area contributed by atoms with Crippen molar-refractivity contribution in [2.24, 2.45) is 0 Å². The number of aromatic amines is 1. The highest BCUT2D eigenvalue weighted by Crippen LogP contribution is 2.29. The normalized spacial score (nSPS) is 15.9. The Morgan fingerprint density at radius 2 is 1.93 bits per heavy atom. The van der Waals surface area contributed by atoms with Gasteiger partial charge < -0.3 is 9.88 Å². The lowest BCUT2D eigenvalue weighted by Gasteiger charge is -2.35. The maximum atomic E-state index is 12.8. The van der Waals surface area contributed by atoms with Gasteiger partial charge in [0, 0.05) is 44.2 Å². The quantitative estimate of drug-likeness (QED) is 0.457. The molecule has 10 heteroatoms. The molecule has 0 aromatic carbocycles. The number of anilines is 1. The topological polar surface area (TPSA) is 65.1 Å². The number of aromatic nitrogens is 3. The Labute approximate surface area is 158 Å². The van der Waals surface area contributed by atoms with Crippen molar-refractivity contribution in [2.45, 2.75) is 17.8 Å². The van der Waals surface area contributed by atoms with Crippen LogP contribution in [0.5, 0.6) is 0 Å². The van der Waals surface area contributed by atoms with Crippen LogP contribution in [0.25, 0.3) is 0 Å². The second-order valence-electron chi connectivity index (χ2n) is 6.15. The molecule has 0 bridgehead atoms. The Balaban J connectivity index is 1.42. The molecule has 1 N–H and O–H groups in total. The third kappa shape index (κ3) is 5.70. The van der Waals surface area contributed by atoms with Crippen LogP contribution in [-0.2, 0) is 6.18 Å². The van der Waals surface area contributed by atoms with E-state index in [4.69, 9.17) is 0 Å². The Kier molecular flexibility index (Phi) is 6.38. The fourth-order valence-electron chi connectivity index (χ4n) is 2.84. The summed E-state index contributed by atoms with van der Waals surface area (Å²) in [6.07, 6.45) is -2.00. The molecule has 146 valence electrons. The fourth-order valence-corrected chi connectivity index (χ4v) is 3.62. The zero-order valence-corrected chi connectivity index (χ0v) is 15.4. The highest BCUT2D eigenvalue weighted by molar-refractivity contribution is 7.99. The van der Waals surface area contributed by atoms with Gasteiger partial charge in [0.05, 0.1) is 0 Å². The van der Waals surface area contributed by atoms with Gasteiger partial charge in [-0.2, -0.15) is 13.2 Å². The summed E-state index contributed by atoms with van der Waals surface area (Å²) >= 11 is 1.50. The number of thioether (sulfide) groups is 1. The molecule has 0 aliphatic carbocycles. The number of rotatable bonds is 6. The zero-order valence-electron chi connectivity index (χ0n) is 14.6. The van der Waals surface area contributed by atoms with E-state index in [1.807, 2.05) is 4.90 Å². The summed E-state index contributed by atoms with van der Waals surface area (Å²) in [7, 11) is 0. The minimum absolute atomic E-state index is 0.160. The van der Waals surface area contributed by atoms with Gasteiger partial charge in [-0.3, -0.25) is 9.69 Å². The van der Waals surface area contributed by atoms with Crippen molar-refractivity contribution >= 4 is 17.6 Å². The predicted molar refractivity (Wildman–Crippen MR) is 98.1 cm³/mol. The van der Waals surface area contributed by atoms with Crippen LogP contribution in [0.15, 0.2) is 40.4 Å². The third-order valence-electron chi connectivity index (χ3n) is 4.23. The van der Waals surface area contributed by atoms with E-state index >= 15 is 0 Å².